The number of benzene rings is 4. The second kappa shape index (κ2) is 11.5. The molecule has 0 amide bonds. The third kappa shape index (κ3) is 4.69. The van der Waals surface area contributed by atoms with E-state index in [1.165, 1.54) is 50.8 Å². The van der Waals surface area contributed by atoms with Crippen molar-refractivity contribution in [3.05, 3.63) is 167 Å². The molecule has 0 spiro atoms. The van der Waals surface area contributed by atoms with Crippen LogP contribution in [0.15, 0.2) is 156 Å². The summed E-state index contributed by atoms with van der Waals surface area (Å²) in [6.45, 7) is 15.8. The minimum Gasteiger partial charge on any atom is -0.344 e. The van der Waals surface area contributed by atoms with Gasteiger partial charge in [0.15, 0.2) is 0 Å². The molecule has 0 fully saturated rings. The van der Waals surface area contributed by atoms with Crippen LogP contribution in [0.4, 0.5) is 22.7 Å². The summed E-state index contributed by atoms with van der Waals surface area (Å²) in [6.07, 6.45) is 9.55. The number of rotatable bonds is 6. The Morgan fingerprint density at radius 3 is 1.28 bits per heavy atom. The fourth-order valence-corrected chi connectivity index (χ4v) is 7.73. The molecule has 3 aliphatic rings. The zero-order valence-corrected chi connectivity index (χ0v) is 28.0. The first kappa shape index (κ1) is 29.8. The van der Waals surface area contributed by atoms with Gasteiger partial charge in [-0.05, 0) is 61.4 Å². The fraction of sp³-hybridized carbons (Fsp3) is 0.233. The Bertz CT molecular complexity index is 1810. The van der Waals surface area contributed by atoms with Gasteiger partial charge in [0, 0.05) is 82.1 Å². The van der Waals surface area contributed by atoms with Gasteiger partial charge in [-0.2, -0.15) is 4.58 Å². The summed E-state index contributed by atoms with van der Waals surface area (Å²) in [7, 11) is 0. The summed E-state index contributed by atoms with van der Waals surface area (Å²) >= 11 is 0. The molecule has 230 valence electrons. The maximum absolute atomic E-state index is 2.50. The normalized spacial score (nSPS) is 19.4. The van der Waals surface area contributed by atoms with Crippen LogP contribution in [0, 0.1) is 0 Å². The standard InChI is InChI=1S/C43H44N3/c1-7-44-37-25-17-15-23-35(37)42(3,4)39(44)29-31-27-28-32(30-40-43(5,6)36-24-16-18-26-38(36)45(40)8-2)41(31)46(33-19-11-9-12-20-33)34-21-13-10-14-22-34/h9-30H,7-8H2,1-6H3/q+1. The Labute approximate surface area is 274 Å². The molecule has 0 unspecified atom stereocenters. The Balaban J connectivity index is 1.47. The number of anilines is 2. The molecule has 0 radical (unpaired) electrons. The highest BCUT2D eigenvalue weighted by Crippen LogP contribution is 2.50. The van der Waals surface area contributed by atoms with Crippen molar-refractivity contribution in [2.75, 3.05) is 22.9 Å². The van der Waals surface area contributed by atoms with Gasteiger partial charge in [-0.1, -0.05) is 100 Å². The van der Waals surface area contributed by atoms with Crippen molar-refractivity contribution in [3.63, 3.8) is 0 Å². The van der Waals surface area contributed by atoms with Gasteiger partial charge in [0.05, 0.1) is 0 Å². The van der Waals surface area contributed by atoms with Crippen molar-refractivity contribution < 1.29 is 0 Å². The first-order valence-electron chi connectivity index (χ1n) is 16.7. The van der Waals surface area contributed by atoms with Crippen molar-refractivity contribution in [2.24, 2.45) is 0 Å². The Morgan fingerprint density at radius 1 is 0.522 bits per heavy atom. The second-order valence-corrected chi connectivity index (χ2v) is 13.4. The van der Waals surface area contributed by atoms with E-state index in [-0.39, 0.29) is 10.8 Å². The highest BCUT2D eigenvalue weighted by Gasteiger charge is 2.42. The summed E-state index contributed by atoms with van der Waals surface area (Å²) in [5.41, 5.74) is 13.7. The van der Waals surface area contributed by atoms with Crippen LogP contribution in [0.25, 0.3) is 0 Å². The van der Waals surface area contributed by atoms with Gasteiger partial charge < -0.3 is 9.80 Å². The molecule has 2 heterocycles. The summed E-state index contributed by atoms with van der Waals surface area (Å²) in [4.78, 5) is 4.99. The quantitative estimate of drug-likeness (QED) is 0.203. The van der Waals surface area contributed by atoms with E-state index in [4.69, 9.17) is 0 Å². The van der Waals surface area contributed by atoms with Gasteiger partial charge in [0.25, 0.3) is 0 Å². The van der Waals surface area contributed by atoms with E-state index >= 15 is 0 Å². The fourth-order valence-electron chi connectivity index (χ4n) is 7.73. The third-order valence-electron chi connectivity index (χ3n) is 10.1. The lowest BCUT2D eigenvalue weighted by Crippen LogP contribution is -2.28. The van der Waals surface area contributed by atoms with Gasteiger partial charge in [0.1, 0.15) is 0 Å². The molecule has 0 aromatic heterocycles. The molecule has 7 rings (SSSR count). The zero-order chi connectivity index (χ0) is 32.1. The van der Waals surface area contributed by atoms with E-state index in [1.807, 2.05) is 0 Å². The summed E-state index contributed by atoms with van der Waals surface area (Å²) in [6, 6.07) is 39.4. The minimum atomic E-state index is -0.127. The molecule has 3 nitrogen and oxygen atoms in total. The van der Waals surface area contributed by atoms with E-state index < -0.39 is 0 Å². The van der Waals surface area contributed by atoms with Crippen LogP contribution >= 0.6 is 0 Å². The lowest BCUT2D eigenvalue weighted by Gasteiger charge is -2.27. The molecule has 0 atom stereocenters. The first-order chi connectivity index (χ1) is 22.3. The van der Waals surface area contributed by atoms with Crippen molar-refractivity contribution in [1.82, 2.24) is 4.58 Å². The van der Waals surface area contributed by atoms with Crippen LogP contribution < -0.4 is 14.4 Å². The Kier molecular flexibility index (Phi) is 7.44. The maximum Gasteiger partial charge on any atom is 0.226 e. The van der Waals surface area contributed by atoms with Crippen LogP contribution in [-0.4, -0.2) is 18.8 Å². The van der Waals surface area contributed by atoms with Gasteiger partial charge in [0.2, 0.25) is 17.1 Å². The molecule has 2 aliphatic heterocycles. The Morgan fingerprint density at radius 2 is 0.891 bits per heavy atom. The molecular weight excluding hydrogens is 558 g/mol. The molecule has 46 heavy (non-hydrogen) atoms. The molecule has 0 N–H and O–H groups in total. The highest BCUT2D eigenvalue weighted by atomic mass is 15.2. The van der Waals surface area contributed by atoms with E-state index in [9.17, 15) is 0 Å². The molecule has 0 saturated heterocycles. The number of allylic oxidation sites excluding steroid dienone is 8. The highest BCUT2D eigenvalue weighted by molar-refractivity contribution is 6.20. The van der Waals surface area contributed by atoms with E-state index in [2.05, 4.69) is 189 Å². The smallest absolute Gasteiger partial charge is 0.226 e. The molecule has 3 heteroatoms. The minimum absolute atomic E-state index is 0.127. The van der Waals surface area contributed by atoms with E-state index in [0.29, 0.717) is 0 Å². The van der Waals surface area contributed by atoms with Crippen LogP contribution in [0.1, 0.15) is 52.7 Å². The van der Waals surface area contributed by atoms with Crippen molar-refractivity contribution >= 4 is 28.5 Å². The predicted octanol–water partition coefficient (Wildman–Crippen LogP) is 10.2. The number of likely N-dealkylation sites (N-methyl/N-ethyl adjacent to an activating group) is 2. The average molecular weight is 603 g/mol. The monoisotopic (exact) mass is 602 g/mol. The zero-order valence-electron chi connectivity index (χ0n) is 28.0. The van der Waals surface area contributed by atoms with Gasteiger partial charge in [-0.3, -0.25) is 0 Å². The third-order valence-corrected chi connectivity index (χ3v) is 10.1. The lowest BCUT2D eigenvalue weighted by molar-refractivity contribution is 0.633. The Hall–Kier alpha value is -4.89. The van der Waals surface area contributed by atoms with Crippen LogP contribution in [0.2, 0.25) is 0 Å². The van der Waals surface area contributed by atoms with E-state index in [0.717, 1.165) is 24.5 Å². The summed E-state index contributed by atoms with van der Waals surface area (Å²) < 4.78 is 2.44. The second-order valence-electron chi connectivity index (χ2n) is 13.4. The van der Waals surface area contributed by atoms with Crippen molar-refractivity contribution in [3.8, 4) is 0 Å². The van der Waals surface area contributed by atoms with Crippen molar-refractivity contribution in [1.29, 1.82) is 0 Å². The van der Waals surface area contributed by atoms with Gasteiger partial charge in [-0.25, -0.2) is 0 Å². The summed E-state index contributed by atoms with van der Waals surface area (Å²) in [5.74, 6) is 0. The van der Waals surface area contributed by atoms with Crippen LogP contribution in [0.3, 0.4) is 0 Å². The summed E-state index contributed by atoms with van der Waals surface area (Å²) in [5, 5.41) is 0. The molecular formula is C43H44N3+. The molecule has 1 aliphatic carbocycles. The topological polar surface area (TPSA) is 9.49 Å². The molecule has 0 bridgehead atoms. The molecule has 4 aromatic rings. The number of hydrogen-bond donors (Lipinski definition) is 0. The maximum atomic E-state index is 2.50. The number of hydrogen-bond acceptors (Lipinski definition) is 2. The van der Waals surface area contributed by atoms with Crippen molar-refractivity contribution in [2.45, 2.75) is 52.4 Å². The SMILES string of the molecule is CCN1C(=CC2=CC=C(C=C3N(CC)c4ccccc4C3(C)C)C2=[N+](c2ccccc2)c2ccccc2)C(C)(C)c2ccccc21. The van der Waals surface area contributed by atoms with E-state index in [1.54, 1.807) is 0 Å². The largest absolute Gasteiger partial charge is 0.344 e. The van der Waals surface area contributed by atoms with Gasteiger partial charge >= 0.3 is 0 Å². The number of para-hydroxylation sites is 4. The average Bonchev–Trinajstić information content (AvgIpc) is 3.64. The number of nitrogens with zero attached hydrogens (tertiary/aromatic N) is 3. The predicted molar refractivity (Wildman–Crippen MR) is 197 cm³/mol. The number of fused-ring (bicyclic) bond motifs is 2. The van der Waals surface area contributed by atoms with Crippen LogP contribution in [0.5, 0.6) is 0 Å². The first-order valence-corrected chi connectivity index (χ1v) is 16.7. The molecule has 0 saturated carbocycles. The lowest BCUT2D eigenvalue weighted by atomic mass is 9.82. The molecule has 4 aromatic carbocycles. The van der Waals surface area contributed by atoms with Gasteiger partial charge in [-0.15, -0.1) is 0 Å². The van der Waals surface area contributed by atoms with Crippen LogP contribution in [-0.2, 0) is 10.8 Å².